The zero-order valence-electron chi connectivity index (χ0n) is 11.6. The highest BCUT2D eigenvalue weighted by Crippen LogP contribution is 2.22. The van der Waals surface area contributed by atoms with Gasteiger partial charge in [0.25, 0.3) is 0 Å². The Morgan fingerprint density at radius 3 is 2.47 bits per heavy atom. The topological polar surface area (TPSA) is 26.7 Å². The van der Waals surface area contributed by atoms with Gasteiger partial charge in [0.2, 0.25) is 0 Å². The van der Waals surface area contributed by atoms with Gasteiger partial charge in [-0.1, -0.05) is 18.6 Å². The van der Waals surface area contributed by atoms with Gasteiger partial charge in [-0.15, -0.1) is 0 Å². The van der Waals surface area contributed by atoms with Crippen LogP contribution in [0.5, 0.6) is 5.75 Å². The molecule has 2 aliphatic heterocycles. The SMILES string of the molecule is Oc1ccc(CN2CCC(N3CCCCC3)C2)cc1. The highest BCUT2D eigenvalue weighted by molar-refractivity contribution is 5.25. The molecular weight excluding hydrogens is 236 g/mol. The van der Waals surface area contributed by atoms with Gasteiger partial charge in [0.05, 0.1) is 0 Å². The number of rotatable bonds is 3. The van der Waals surface area contributed by atoms with Crippen molar-refractivity contribution in [3.05, 3.63) is 29.8 Å². The average Bonchev–Trinajstić information content (AvgIpc) is 2.91. The van der Waals surface area contributed by atoms with Gasteiger partial charge in [0.15, 0.2) is 0 Å². The third kappa shape index (κ3) is 3.28. The quantitative estimate of drug-likeness (QED) is 0.904. The molecule has 1 N–H and O–H groups in total. The molecule has 2 fully saturated rings. The lowest BCUT2D eigenvalue weighted by atomic mass is 10.1. The van der Waals surface area contributed by atoms with Gasteiger partial charge in [0, 0.05) is 25.7 Å². The lowest BCUT2D eigenvalue weighted by molar-refractivity contribution is 0.161. The second-order valence-corrected chi connectivity index (χ2v) is 5.94. The fraction of sp³-hybridized carbons (Fsp3) is 0.625. The van der Waals surface area contributed by atoms with Crippen molar-refractivity contribution in [2.45, 2.75) is 38.3 Å². The Kier molecular flexibility index (Phi) is 4.04. The minimum atomic E-state index is 0.358. The predicted molar refractivity (Wildman–Crippen MR) is 77.2 cm³/mol. The van der Waals surface area contributed by atoms with Gasteiger partial charge in [-0.25, -0.2) is 0 Å². The molecule has 19 heavy (non-hydrogen) atoms. The van der Waals surface area contributed by atoms with Crippen molar-refractivity contribution in [2.75, 3.05) is 26.2 Å². The lowest BCUT2D eigenvalue weighted by Crippen LogP contribution is -2.40. The van der Waals surface area contributed by atoms with Crippen LogP contribution in [0, 0.1) is 0 Å². The van der Waals surface area contributed by atoms with E-state index in [1.807, 2.05) is 12.1 Å². The molecule has 3 nitrogen and oxygen atoms in total. The van der Waals surface area contributed by atoms with Crippen molar-refractivity contribution in [1.82, 2.24) is 9.80 Å². The molecule has 0 aromatic heterocycles. The van der Waals surface area contributed by atoms with Gasteiger partial charge in [-0.2, -0.15) is 0 Å². The van der Waals surface area contributed by atoms with Crippen LogP contribution in [0.4, 0.5) is 0 Å². The number of likely N-dealkylation sites (tertiary alicyclic amines) is 2. The minimum Gasteiger partial charge on any atom is -0.508 e. The van der Waals surface area contributed by atoms with Gasteiger partial charge < -0.3 is 5.11 Å². The number of nitrogens with zero attached hydrogens (tertiary/aromatic N) is 2. The first kappa shape index (κ1) is 12.9. The summed E-state index contributed by atoms with van der Waals surface area (Å²) < 4.78 is 0. The maximum Gasteiger partial charge on any atom is 0.115 e. The second-order valence-electron chi connectivity index (χ2n) is 5.94. The van der Waals surface area contributed by atoms with Crippen molar-refractivity contribution in [3.8, 4) is 5.75 Å². The third-order valence-corrected chi connectivity index (χ3v) is 4.50. The first-order valence-corrected chi connectivity index (χ1v) is 7.55. The van der Waals surface area contributed by atoms with Crippen molar-refractivity contribution >= 4 is 0 Å². The van der Waals surface area contributed by atoms with Crippen LogP contribution in [-0.2, 0) is 6.54 Å². The first-order chi connectivity index (χ1) is 9.31. The van der Waals surface area contributed by atoms with E-state index < -0.39 is 0 Å². The van der Waals surface area contributed by atoms with Crippen molar-refractivity contribution in [2.24, 2.45) is 0 Å². The Bertz CT molecular complexity index is 398. The normalized spacial score (nSPS) is 25.8. The van der Waals surface area contributed by atoms with E-state index >= 15 is 0 Å². The van der Waals surface area contributed by atoms with E-state index in [4.69, 9.17) is 0 Å². The van der Waals surface area contributed by atoms with Crippen LogP contribution in [0.2, 0.25) is 0 Å². The summed E-state index contributed by atoms with van der Waals surface area (Å²) in [6.07, 6.45) is 5.50. The van der Waals surface area contributed by atoms with E-state index in [9.17, 15) is 5.11 Å². The maximum absolute atomic E-state index is 9.31. The van der Waals surface area contributed by atoms with E-state index in [-0.39, 0.29) is 0 Å². The van der Waals surface area contributed by atoms with Crippen molar-refractivity contribution in [3.63, 3.8) is 0 Å². The van der Waals surface area contributed by atoms with E-state index in [2.05, 4.69) is 9.80 Å². The summed E-state index contributed by atoms with van der Waals surface area (Å²) in [6.45, 7) is 6.04. The summed E-state index contributed by atoms with van der Waals surface area (Å²) in [5.74, 6) is 0.358. The van der Waals surface area contributed by atoms with Gasteiger partial charge in [-0.05, 0) is 50.0 Å². The molecule has 2 aliphatic rings. The number of phenolic OH excluding ortho intramolecular Hbond substituents is 1. The smallest absolute Gasteiger partial charge is 0.115 e. The molecular formula is C16H24N2O. The van der Waals surface area contributed by atoms with Crippen LogP contribution in [-0.4, -0.2) is 47.1 Å². The monoisotopic (exact) mass is 260 g/mol. The van der Waals surface area contributed by atoms with E-state index in [1.165, 1.54) is 57.4 Å². The molecule has 0 amide bonds. The van der Waals surface area contributed by atoms with Crippen molar-refractivity contribution < 1.29 is 5.11 Å². The number of phenols is 1. The van der Waals surface area contributed by atoms with Crippen LogP contribution >= 0.6 is 0 Å². The van der Waals surface area contributed by atoms with E-state index in [1.54, 1.807) is 12.1 Å². The molecule has 104 valence electrons. The molecule has 1 unspecified atom stereocenters. The molecule has 0 spiro atoms. The van der Waals surface area contributed by atoms with E-state index in [0.717, 1.165) is 12.6 Å². The molecule has 2 saturated heterocycles. The molecule has 0 aliphatic carbocycles. The molecule has 3 rings (SSSR count). The Hall–Kier alpha value is -1.06. The summed E-state index contributed by atoms with van der Waals surface area (Å²) in [5.41, 5.74) is 1.30. The summed E-state index contributed by atoms with van der Waals surface area (Å²) in [4.78, 5) is 5.24. The number of piperidine rings is 1. The summed E-state index contributed by atoms with van der Waals surface area (Å²) in [5, 5.41) is 9.31. The Balaban J connectivity index is 1.52. The maximum atomic E-state index is 9.31. The largest absolute Gasteiger partial charge is 0.508 e. The molecule has 0 bridgehead atoms. The number of hydrogen-bond donors (Lipinski definition) is 1. The Morgan fingerprint density at radius 1 is 1.00 bits per heavy atom. The van der Waals surface area contributed by atoms with Gasteiger partial charge in [-0.3, -0.25) is 9.80 Å². The van der Waals surface area contributed by atoms with Crippen LogP contribution < -0.4 is 0 Å². The fourth-order valence-corrected chi connectivity index (χ4v) is 3.40. The molecule has 2 heterocycles. The van der Waals surface area contributed by atoms with Crippen LogP contribution in [0.1, 0.15) is 31.2 Å². The highest BCUT2D eigenvalue weighted by Gasteiger charge is 2.28. The number of benzene rings is 1. The van der Waals surface area contributed by atoms with E-state index in [0.29, 0.717) is 5.75 Å². The summed E-state index contributed by atoms with van der Waals surface area (Å²) in [6, 6.07) is 8.41. The summed E-state index contributed by atoms with van der Waals surface area (Å²) >= 11 is 0. The Morgan fingerprint density at radius 2 is 1.74 bits per heavy atom. The molecule has 1 aromatic rings. The number of hydrogen-bond acceptors (Lipinski definition) is 3. The van der Waals surface area contributed by atoms with Gasteiger partial charge >= 0.3 is 0 Å². The lowest BCUT2D eigenvalue weighted by Gasteiger charge is -2.32. The molecule has 3 heteroatoms. The molecule has 1 atom stereocenters. The minimum absolute atomic E-state index is 0.358. The standard InChI is InChI=1S/C16H24N2O/c19-16-6-4-14(5-7-16)12-17-11-8-15(13-17)18-9-2-1-3-10-18/h4-7,15,19H,1-3,8-13H2. The second kappa shape index (κ2) is 5.93. The zero-order chi connectivity index (χ0) is 13.1. The van der Waals surface area contributed by atoms with Gasteiger partial charge in [0.1, 0.15) is 5.75 Å². The predicted octanol–water partition coefficient (Wildman–Crippen LogP) is 2.45. The average molecular weight is 260 g/mol. The van der Waals surface area contributed by atoms with Crippen LogP contribution in [0.15, 0.2) is 24.3 Å². The van der Waals surface area contributed by atoms with Crippen LogP contribution in [0.25, 0.3) is 0 Å². The number of aromatic hydroxyl groups is 1. The van der Waals surface area contributed by atoms with Crippen molar-refractivity contribution in [1.29, 1.82) is 0 Å². The summed E-state index contributed by atoms with van der Waals surface area (Å²) in [7, 11) is 0. The molecule has 0 saturated carbocycles. The fourth-order valence-electron chi connectivity index (χ4n) is 3.40. The Labute approximate surface area is 115 Å². The van der Waals surface area contributed by atoms with Crippen LogP contribution in [0.3, 0.4) is 0 Å². The first-order valence-electron chi connectivity index (χ1n) is 7.55. The zero-order valence-corrected chi connectivity index (χ0v) is 11.6. The molecule has 1 aromatic carbocycles. The third-order valence-electron chi connectivity index (χ3n) is 4.50. The molecule has 0 radical (unpaired) electrons. The highest BCUT2D eigenvalue weighted by atomic mass is 16.3.